The summed E-state index contributed by atoms with van der Waals surface area (Å²) in [5.74, 6) is 1.12. The Labute approximate surface area is 188 Å². The minimum absolute atomic E-state index is 0.100. The summed E-state index contributed by atoms with van der Waals surface area (Å²) >= 11 is 0. The molecule has 0 fully saturated rings. The standard InChI is InChI=1S/C25H34O4.C2H6/c1-15(11-12-21-23(27)18(4)17(3)19(5)24(21)28)9-8-10-16(2)22-13-20(26)14-25(6,7)29-22;1-2/h10-11,13,27-28H,8-9,12,14H2,1-7H3;1-2H3/b15-11+,16-10+;. The molecule has 0 aromatic heterocycles. The van der Waals surface area contributed by atoms with Crippen LogP contribution >= 0.6 is 0 Å². The Hall–Kier alpha value is -2.49. The van der Waals surface area contributed by atoms with Crippen LogP contribution in [0.4, 0.5) is 0 Å². The average Bonchev–Trinajstić information content (AvgIpc) is 2.70. The second-order valence-electron chi connectivity index (χ2n) is 8.74. The molecule has 2 rings (SSSR count). The van der Waals surface area contributed by atoms with Crippen LogP contribution in [0.2, 0.25) is 0 Å². The normalized spacial score (nSPS) is 16.3. The smallest absolute Gasteiger partial charge is 0.163 e. The molecular weight excluding hydrogens is 388 g/mol. The van der Waals surface area contributed by atoms with Gasteiger partial charge in [0.1, 0.15) is 22.9 Å². The molecule has 0 unspecified atom stereocenters. The molecule has 0 radical (unpaired) electrons. The molecule has 172 valence electrons. The first-order valence-electron chi connectivity index (χ1n) is 11.2. The van der Waals surface area contributed by atoms with E-state index in [1.54, 1.807) is 6.08 Å². The first-order chi connectivity index (χ1) is 14.4. The fraction of sp³-hybridized carbons (Fsp3) is 0.519. The highest BCUT2D eigenvalue weighted by Crippen LogP contribution is 2.37. The van der Waals surface area contributed by atoms with Crippen LogP contribution < -0.4 is 0 Å². The molecule has 1 heterocycles. The van der Waals surface area contributed by atoms with Gasteiger partial charge in [0.25, 0.3) is 0 Å². The summed E-state index contributed by atoms with van der Waals surface area (Å²) in [7, 11) is 0. The number of phenols is 2. The van der Waals surface area contributed by atoms with Gasteiger partial charge >= 0.3 is 0 Å². The van der Waals surface area contributed by atoms with Crippen molar-refractivity contribution in [3.63, 3.8) is 0 Å². The van der Waals surface area contributed by atoms with E-state index in [0.29, 0.717) is 24.2 Å². The number of benzene rings is 1. The SMILES string of the molecule is C/C(=C\Cc1c(O)c(C)c(C)c(C)c1O)CC/C=C(\C)C1=CC(=O)CC(C)(C)O1.CC. The predicted octanol–water partition coefficient (Wildman–Crippen LogP) is 6.92. The van der Waals surface area contributed by atoms with E-state index >= 15 is 0 Å². The van der Waals surface area contributed by atoms with Gasteiger partial charge in [-0.05, 0) is 90.0 Å². The first kappa shape index (κ1) is 26.5. The Morgan fingerprint density at radius 3 is 2.10 bits per heavy atom. The van der Waals surface area contributed by atoms with Crippen LogP contribution in [0.5, 0.6) is 11.5 Å². The quantitative estimate of drug-likeness (QED) is 0.483. The summed E-state index contributed by atoms with van der Waals surface area (Å²) in [5, 5.41) is 20.8. The third-order valence-corrected chi connectivity index (χ3v) is 5.72. The van der Waals surface area contributed by atoms with E-state index < -0.39 is 5.60 Å². The number of phenolic OH excluding ortho intramolecular Hbond substituents is 2. The van der Waals surface area contributed by atoms with Crippen molar-refractivity contribution in [1.82, 2.24) is 0 Å². The molecule has 1 aromatic carbocycles. The van der Waals surface area contributed by atoms with Crippen LogP contribution in [-0.4, -0.2) is 21.6 Å². The van der Waals surface area contributed by atoms with Gasteiger partial charge in [-0.25, -0.2) is 0 Å². The maximum absolute atomic E-state index is 11.9. The highest BCUT2D eigenvalue weighted by molar-refractivity contribution is 5.92. The average molecular weight is 429 g/mol. The number of aromatic hydroxyl groups is 2. The van der Waals surface area contributed by atoms with Crippen molar-refractivity contribution in [3.8, 4) is 11.5 Å². The van der Waals surface area contributed by atoms with Crippen molar-refractivity contribution in [2.24, 2.45) is 0 Å². The van der Waals surface area contributed by atoms with Crippen molar-refractivity contribution >= 4 is 5.78 Å². The maximum Gasteiger partial charge on any atom is 0.163 e. The predicted molar refractivity (Wildman–Crippen MR) is 129 cm³/mol. The number of hydrogen-bond donors (Lipinski definition) is 2. The Balaban J connectivity index is 0.00000233. The van der Waals surface area contributed by atoms with Gasteiger partial charge in [0.05, 0.1) is 0 Å². The second-order valence-corrected chi connectivity index (χ2v) is 8.74. The summed E-state index contributed by atoms with van der Waals surface area (Å²) in [6.45, 7) is 17.5. The Morgan fingerprint density at radius 2 is 1.58 bits per heavy atom. The maximum atomic E-state index is 11.9. The number of carbonyl (C=O) groups is 1. The number of ether oxygens (including phenoxy) is 1. The van der Waals surface area contributed by atoms with E-state index in [9.17, 15) is 15.0 Å². The highest BCUT2D eigenvalue weighted by atomic mass is 16.5. The molecular formula is C27H40O4. The van der Waals surface area contributed by atoms with Gasteiger partial charge in [-0.2, -0.15) is 0 Å². The zero-order valence-corrected chi connectivity index (χ0v) is 20.8. The van der Waals surface area contributed by atoms with Crippen molar-refractivity contribution < 1.29 is 19.7 Å². The lowest BCUT2D eigenvalue weighted by atomic mass is 9.95. The third-order valence-electron chi connectivity index (χ3n) is 5.72. The summed E-state index contributed by atoms with van der Waals surface area (Å²) < 4.78 is 5.93. The van der Waals surface area contributed by atoms with Crippen LogP contribution in [0.3, 0.4) is 0 Å². The van der Waals surface area contributed by atoms with E-state index in [0.717, 1.165) is 35.1 Å². The van der Waals surface area contributed by atoms with Crippen LogP contribution in [0.25, 0.3) is 0 Å². The van der Waals surface area contributed by atoms with Crippen LogP contribution in [0.1, 0.15) is 83.1 Å². The van der Waals surface area contributed by atoms with Crippen LogP contribution in [0, 0.1) is 20.8 Å². The van der Waals surface area contributed by atoms with Gasteiger partial charge in [0.2, 0.25) is 0 Å². The molecule has 2 N–H and O–H groups in total. The number of ketones is 1. The fourth-order valence-corrected chi connectivity index (χ4v) is 3.56. The van der Waals surface area contributed by atoms with Gasteiger partial charge in [0, 0.05) is 18.1 Å². The first-order valence-corrected chi connectivity index (χ1v) is 11.2. The summed E-state index contributed by atoms with van der Waals surface area (Å²) in [6.07, 6.45) is 8.31. The van der Waals surface area contributed by atoms with Crippen molar-refractivity contribution in [1.29, 1.82) is 0 Å². The van der Waals surface area contributed by atoms with Crippen molar-refractivity contribution in [2.75, 3.05) is 0 Å². The molecule has 0 spiro atoms. The number of hydrogen-bond acceptors (Lipinski definition) is 4. The van der Waals surface area contributed by atoms with Crippen LogP contribution in [0.15, 0.2) is 35.1 Å². The van der Waals surface area contributed by atoms with E-state index in [-0.39, 0.29) is 17.3 Å². The van der Waals surface area contributed by atoms with Crippen molar-refractivity contribution in [3.05, 3.63) is 57.4 Å². The molecule has 0 aliphatic carbocycles. The lowest BCUT2D eigenvalue weighted by Gasteiger charge is -2.30. The van der Waals surface area contributed by atoms with E-state index in [1.165, 1.54) is 5.57 Å². The topological polar surface area (TPSA) is 66.8 Å². The van der Waals surface area contributed by atoms with Gasteiger partial charge in [-0.3, -0.25) is 4.79 Å². The molecule has 0 bridgehead atoms. The van der Waals surface area contributed by atoms with E-state index in [2.05, 4.69) is 12.2 Å². The molecule has 1 aliphatic rings. The van der Waals surface area contributed by atoms with Gasteiger partial charge < -0.3 is 14.9 Å². The van der Waals surface area contributed by atoms with Crippen LogP contribution in [-0.2, 0) is 16.0 Å². The number of allylic oxidation sites excluding steroid dienone is 5. The Bertz CT molecular complexity index is 869. The van der Waals surface area contributed by atoms with Gasteiger partial charge in [-0.15, -0.1) is 0 Å². The minimum atomic E-state index is -0.458. The third kappa shape index (κ3) is 7.02. The Kier molecular flexibility index (Phi) is 9.61. The molecule has 1 aliphatic heterocycles. The molecule has 4 heteroatoms. The number of carbonyl (C=O) groups excluding carboxylic acids is 1. The molecule has 4 nitrogen and oxygen atoms in total. The van der Waals surface area contributed by atoms with Gasteiger partial charge in [-0.1, -0.05) is 31.6 Å². The monoisotopic (exact) mass is 428 g/mol. The molecule has 0 atom stereocenters. The highest BCUT2D eigenvalue weighted by Gasteiger charge is 2.29. The summed E-state index contributed by atoms with van der Waals surface area (Å²) in [6, 6.07) is 0. The number of rotatable bonds is 6. The van der Waals surface area contributed by atoms with Gasteiger partial charge in [0.15, 0.2) is 5.78 Å². The minimum Gasteiger partial charge on any atom is -0.507 e. The largest absolute Gasteiger partial charge is 0.507 e. The van der Waals surface area contributed by atoms with E-state index in [1.807, 2.05) is 62.3 Å². The summed E-state index contributed by atoms with van der Waals surface area (Å²) in [5.41, 5.74) is 4.83. The summed E-state index contributed by atoms with van der Waals surface area (Å²) in [4.78, 5) is 11.9. The zero-order chi connectivity index (χ0) is 23.9. The molecule has 0 saturated carbocycles. The fourth-order valence-electron chi connectivity index (χ4n) is 3.56. The molecule has 1 aromatic rings. The Morgan fingerprint density at radius 1 is 1.03 bits per heavy atom. The lowest BCUT2D eigenvalue weighted by Crippen LogP contribution is -2.31. The van der Waals surface area contributed by atoms with E-state index in [4.69, 9.17) is 4.74 Å². The molecule has 0 amide bonds. The molecule has 0 saturated heterocycles. The lowest BCUT2D eigenvalue weighted by molar-refractivity contribution is -0.121. The zero-order valence-electron chi connectivity index (χ0n) is 20.8. The van der Waals surface area contributed by atoms with Crippen molar-refractivity contribution in [2.45, 2.75) is 93.6 Å². The second kappa shape index (κ2) is 11.2. The molecule has 31 heavy (non-hydrogen) atoms.